The van der Waals surface area contributed by atoms with Crippen LogP contribution in [-0.4, -0.2) is 23.6 Å². The molecule has 0 saturated heterocycles. The Morgan fingerprint density at radius 3 is 2.48 bits per heavy atom. The van der Waals surface area contributed by atoms with Gasteiger partial charge < -0.3 is 9.88 Å². The van der Waals surface area contributed by atoms with Gasteiger partial charge in [-0.3, -0.25) is 4.57 Å². The largest absolute Gasteiger partial charge is 0.378 e. The first-order valence-corrected chi connectivity index (χ1v) is 7.55. The number of fused-ring (bicyclic) bond motifs is 1. The second kappa shape index (κ2) is 5.27. The van der Waals surface area contributed by atoms with Crippen LogP contribution in [0.5, 0.6) is 0 Å². The van der Waals surface area contributed by atoms with E-state index >= 15 is 0 Å². The lowest BCUT2D eigenvalue weighted by Gasteiger charge is -2.13. The summed E-state index contributed by atoms with van der Waals surface area (Å²) in [6.45, 7) is 0. The molecule has 1 heterocycles. The second-order valence-corrected chi connectivity index (χ2v) is 6.20. The van der Waals surface area contributed by atoms with E-state index in [1.54, 1.807) is 6.07 Å². The summed E-state index contributed by atoms with van der Waals surface area (Å²) in [5, 5.41) is 0. The molecule has 0 atom stereocenters. The predicted octanol–water partition coefficient (Wildman–Crippen LogP) is 4.66. The number of aromatic amines is 1. The van der Waals surface area contributed by atoms with Crippen molar-refractivity contribution in [2.75, 3.05) is 19.0 Å². The highest BCUT2D eigenvalue weighted by Gasteiger charge is 2.10. The van der Waals surface area contributed by atoms with Gasteiger partial charge in [0.1, 0.15) is 5.82 Å². The topological polar surface area (TPSA) is 24.0 Å². The fourth-order valence-corrected chi connectivity index (χ4v) is 2.90. The minimum Gasteiger partial charge on any atom is -0.378 e. The van der Waals surface area contributed by atoms with E-state index in [2.05, 4.69) is 20.9 Å². The SMILES string of the molecule is CN(C)c1ccc(-n2c(=S)[nH]c3cc(F)c(Br)cc32)cc1. The molecule has 0 aliphatic carbocycles. The normalized spacial score (nSPS) is 11.0. The van der Waals surface area contributed by atoms with Crippen molar-refractivity contribution in [1.29, 1.82) is 0 Å². The van der Waals surface area contributed by atoms with Gasteiger partial charge in [0.25, 0.3) is 0 Å². The van der Waals surface area contributed by atoms with E-state index in [9.17, 15) is 4.39 Å². The van der Waals surface area contributed by atoms with Gasteiger partial charge in [0.15, 0.2) is 4.77 Å². The third-order valence-corrected chi connectivity index (χ3v) is 4.24. The number of benzene rings is 2. The van der Waals surface area contributed by atoms with Gasteiger partial charge in [0.2, 0.25) is 0 Å². The summed E-state index contributed by atoms with van der Waals surface area (Å²) >= 11 is 8.59. The zero-order valence-electron chi connectivity index (χ0n) is 11.5. The maximum absolute atomic E-state index is 13.6. The lowest BCUT2D eigenvalue weighted by Crippen LogP contribution is -2.08. The van der Waals surface area contributed by atoms with Crippen molar-refractivity contribution in [1.82, 2.24) is 9.55 Å². The summed E-state index contributed by atoms with van der Waals surface area (Å²) in [4.78, 5) is 5.07. The zero-order valence-corrected chi connectivity index (χ0v) is 13.9. The number of nitrogens with one attached hydrogen (secondary N) is 1. The van der Waals surface area contributed by atoms with Crippen LogP contribution in [0.25, 0.3) is 16.7 Å². The average Bonchev–Trinajstić information content (AvgIpc) is 2.75. The van der Waals surface area contributed by atoms with Gasteiger partial charge in [-0.2, -0.15) is 0 Å². The summed E-state index contributed by atoms with van der Waals surface area (Å²) in [6, 6.07) is 11.2. The third kappa shape index (κ3) is 2.49. The lowest BCUT2D eigenvalue weighted by atomic mass is 10.2. The van der Waals surface area contributed by atoms with Gasteiger partial charge in [0.05, 0.1) is 15.5 Å². The van der Waals surface area contributed by atoms with Crippen LogP contribution >= 0.6 is 28.1 Å². The monoisotopic (exact) mass is 365 g/mol. The van der Waals surface area contributed by atoms with Crippen molar-refractivity contribution in [2.45, 2.75) is 0 Å². The molecule has 1 N–H and O–H groups in total. The molecule has 0 saturated carbocycles. The number of hydrogen-bond acceptors (Lipinski definition) is 2. The number of halogens is 2. The molecular formula is C15H13BrFN3S. The van der Waals surface area contributed by atoms with Crippen molar-refractivity contribution >= 4 is 44.9 Å². The molecule has 6 heteroatoms. The lowest BCUT2D eigenvalue weighted by molar-refractivity contribution is 0.623. The number of H-pyrrole nitrogens is 1. The van der Waals surface area contributed by atoms with Crippen LogP contribution in [0.3, 0.4) is 0 Å². The molecule has 1 aromatic heterocycles. The summed E-state index contributed by atoms with van der Waals surface area (Å²) in [5.41, 5.74) is 3.57. The highest BCUT2D eigenvalue weighted by molar-refractivity contribution is 9.10. The molecule has 0 spiro atoms. The van der Waals surface area contributed by atoms with Crippen LogP contribution in [0, 0.1) is 10.6 Å². The van der Waals surface area contributed by atoms with Gasteiger partial charge in [-0.15, -0.1) is 0 Å². The Kier molecular flexibility index (Phi) is 3.59. The van der Waals surface area contributed by atoms with Crippen LogP contribution in [0.2, 0.25) is 0 Å². The van der Waals surface area contributed by atoms with Crippen molar-refractivity contribution < 1.29 is 4.39 Å². The van der Waals surface area contributed by atoms with Gasteiger partial charge in [-0.05, 0) is 58.5 Å². The van der Waals surface area contributed by atoms with E-state index in [0.29, 0.717) is 14.8 Å². The van der Waals surface area contributed by atoms with Crippen LogP contribution in [0.15, 0.2) is 40.9 Å². The summed E-state index contributed by atoms with van der Waals surface area (Å²) in [5.74, 6) is -0.311. The van der Waals surface area contributed by atoms with Gasteiger partial charge >= 0.3 is 0 Å². The molecule has 0 radical (unpaired) electrons. The number of nitrogens with zero attached hydrogens (tertiary/aromatic N) is 2. The summed E-state index contributed by atoms with van der Waals surface area (Å²) < 4.78 is 16.5. The first-order valence-electron chi connectivity index (χ1n) is 6.35. The number of anilines is 1. The molecule has 21 heavy (non-hydrogen) atoms. The molecule has 3 rings (SSSR count). The smallest absolute Gasteiger partial charge is 0.182 e. The third-order valence-electron chi connectivity index (χ3n) is 3.35. The van der Waals surface area contributed by atoms with Crippen molar-refractivity contribution in [3.8, 4) is 5.69 Å². The number of hydrogen-bond donors (Lipinski definition) is 1. The number of aromatic nitrogens is 2. The molecular weight excluding hydrogens is 353 g/mol. The molecule has 108 valence electrons. The first kappa shape index (κ1) is 14.3. The molecule has 0 fully saturated rings. The highest BCUT2D eigenvalue weighted by atomic mass is 79.9. The molecule has 0 aliphatic heterocycles. The van der Waals surface area contributed by atoms with E-state index in [0.717, 1.165) is 16.9 Å². The van der Waals surface area contributed by atoms with Crippen LogP contribution in [0.1, 0.15) is 0 Å². The fraction of sp³-hybridized carbons (Fsp3) is 0.133. The molecule has 3 nitrogen and oxygen atoms in total. The Labute approximate surface area is 135 Å². The second-order valence-electron chi connectivity index (χ2n) is 4.96. The Bertz CT molecular complexity index is 865. The Morgan fingerprint density at radius 2 is 1.86 bits per heavy atom. The number of imidazole rings is 1. The van der Waals surface area contributed by atoms with E-state index in [4.69, 9.17) is 12.2 Å². The number of rotatable bonds is 2. The van der Waals surface area contributed by atoms with E-state index in [1.165, 1.54) is 6.07 Å². The van der Waals surface area contributed by atoms with Gasteiger partial charge in [0, 0.05) is 31.5 Å². The van der Waals surface area contributed by atoms with E-state index in [-0.39, 0.29) is 5.82 Å². The van der Waals surface area contributed by atoms with Crippen LogP contribution in [0.4, 0.5) is 10.1 Å². The molecule has 0 amide bonds. The Morgan fingerprint density at radius 1 is 1.19 bits per heavy atom. The van der Waals surface area contributed by atoms with Gasteiger partial charge in [-0.1, -0.05) is 0 Å². The fourth-order valence-electron chi connectivity index (χ4n) is 2.26. The van der Waals surface area contributed by atoms with Crippen molar-refractivity contribution in [3.05, 3.63) is 51.5 Å². The highest BCUT2D eigenvalue weighted by Crippen LogP contribution is 2.26. The average molecular weight is 366 g/mol. The molecule has 3 aromatic rings. The summed E-state index contributed by atoms with van der Waals surface area (Å²) in [6.07, 6.45) is 0. The molecule has 0 unspecified atom stereocenters. The quantitative estimate of drug-likeness (QED) is 0.668. The Balaban J connectivity index is 2.22. The minimum atomic E-state index is -0.311. The van der Waals surface area contributed by atoms with Crippen molar-refractivity contribution in [3.63, 3.8) is 0 Å². The maximum atomic E-state index is 13.6. The van der Waals surface area contributed by atoms with Crippen LogP contribution < -0.4 is 4.90 Å². The molecule has 2 aromatic carbocycles. The first-order chi connectivity index (χ1) is 9.97. The zero-order chi connectivity index (χ0) is 15.1. The maximum Gasteiger partial charge on any atom is 0.182 e. The standard InChI is InChI=1S/C15H13BrFN3S/c1-19(2)9-3-5-10(6-4-9)20-14-7-11(16)12(17)8-13(14)18-15(20)21/h3-8H,1-2H3,(H,18,21). The molecule has 0 aliphatic rings. The van der Waals surface area contributed by atoms with Crippen LogP contribution in [-0.2, 0) is 0 Å². The van der Waals surface area contributed by atoms with E-state index < -0.39 is 0 Å². The molecule has 0 bridgehead atoms. The van der Waals surface area contributed by atoms with Crippen molar-refractivity contribution in [2.24, 2.45) is 0 Å². The summed E-state index contributed by atoms with van der Waals surface area (Å²) in [7, 11) is 3.98. The predicted molar refractivity (Wildman–Crippen MR) is 90.4 cm³/mol. The Hall–Kier alpha value is -1.66. The van der Waals surface area contributed by atoms with E-state index in [1.807, 2.05) is 47.8 Å². The minimum absolute atomic E-state index is 0.311. The van der Waals surface area contributed by atoms with Gasteiger partial charge in [-0.25, -0.2) is 4.39 Å².